The van der Waals surface area contributed by atoms with Crippen LogP contribution >= 0.6 is 0 Å². The summed E-state index contributed by atoms with van der Waals surface area (Å²) in [4.78, 5) is 4.54. The number of fused-ring (bicyclic) bond motifs is 1. The number of aromatic nitrogens is 2. The minimum Gasteiger partial charge on any atom is -0.334 e. The molecule has 2 aliphatic rings. The molecule has 1 aliphatic heterocycles. The Morgan fingerprint density at radius 2 is 2.41 bits per heavy atom. The van der Waals surface area contributed by atoms with Crippen LogP contribution in [0.15, 0.2) is 6.33 Å². The Morgan fingerprint density at radius 3 is 3.29 bits per heavy atom. The van der Waals surface area contributed by atoms with Gasteiger partial charge in [0.15, 0.2) is 0 Å². The Morgan fingerprint density at radius 1 is 1.47 bits per heavy atom. The molecule has 3 heteroatoms. The summed E-state index contributed by atoms with van der Waals surface area (Å²) < 4.78 is 2.43. The van der Waals surface area contributed by atoms with Gasteiger partial charge in [0.2, 0.25) is 0 Å². The highest BCUT2D eigenvalue weighted by Crippen LogP contribution is 2.30. The van der Waals surface area contributed by atoms with Crippen molar-refractivity contribution in [3.63, 3.8) is 0 Å². The van der Waals surface area contributed by atoms with Crippen LogP contribution in [-0.2, 0) is 19.5 Å². The molecule has 0 amide bonds. The Hall–Kier alpha value is -0.830. The molecule has 0 saturated heterocycles. The Kier molecular flexibility index (Phi) is 3.19. The van der Waals surface area contributed by atoms with Gasteiger partial charge in [0.25, 0.3) is 0 Å². The molecule has 2 atom stereocenters. The van der Waals surface area contributed by atoms with E-state index in [1.165, 1.54) is 43.6 Å². The molecule has 3 rings (SSSR count). The Bertz CT molecular complexity index is 383. The second-order valence-corrected chi connectivity index (χ2v) is 5.85. The molecule has 1 saturated carbocycles. The van der Waals surface area contributed by atoms with Gasteiger partial charge in [0.1, 0.15) is 0 Å². The summed E-state index contributed by atoms with van der Waals surface area (Å²) in [6.45, 7) is 5.68. The number of rotatable bonds is 2. The summed E-state index contributed by atoms with van der Waals surface area (Å²) in [6.07, 6.45) is 8.89. The smallest absolute Gasteiger partial charge is 0.0952 e. The van der Waals surface area contributed by atoms with Crippen LogP contribution in [0.4, 0.5) is 0 Å². The predicted octanol–water partition coefficient (Wildman–Crippen LogP) is 2.36. The maximum Gasteiger partial charge on any atom is 0.0952 e. The molecule has 0 bridgehead atoms. The molecular formula is C14H23N3. The van der Waals surface area contributed by atoms with Gasteiger partial charge in [-0.3, -0.25) is 0 Å². The molecule has 0 spiro atoms. The van der Waals surface area contributed by atoms with E-state index in [0.29, 0.717) is 0 Å². The monoisotopic (exact) mass is 233 g/mol. The highest BCUT2D eigenvalue weighted by molar-refractivity contribution is 5.16. The molecule has 1 N–H and O–H groups in total. The zero-order valence-corrected chi connectivity index (χ0v) is 10.8. The van der Waals surface area contributed by atoms with Gasteiger partial charge in [-0.2, -0.15) is 0 Å². The number of imidazole rings is 1. The summed E-state index contributed by atoms with van der Waals surface area (Å²) in [5, 5.41) is 3.39. The lowest BCUT2D eigenvalue weighted by Gasteiger charge is -2.27. The molecule has 0 aromatic carbocycles. The van der Waals surface area contributed by atoms with Crippen molar-refractivity contribution in [1.29, 1.82) is 0 Å². The van der Waals surface area contributed by atoms with Crippen LogP contribution in [-0.4, -0.2) is 16.1 Å². The number of nitrogens with one attached hydrogen (secondary N) is 1. The van der Waals surface area contributed by atoms with Crippen LogP contribution in [0.25, 0.3) is 0 Å². The van der Waals surface area contributed by atoms with E-state index in [-0.39, 0.29) is 0 Å². The van der Waals surface area contributed by atoms with Crippen molar-refractivity contribution in [3.8, 4) is 0 Å². The fraction of sp³-hybridized carbons (Fsp3) is 0.786. The third-order valence-electron chi connectivity index (χ3n) is 4.36. The molecule has 1 aromatic rings. The Labute approximate surface area is 104 Å². The van der Waals surface area contributed by atoms with Crippen molar-refractivity contribution < 1.29 is 0 Å². The van der Waals surface area contributed by atoms with Gasteiger partial charge in [-0.05, 0) is 24.7 Å². The van der Waals surface area contributed by atoms with Crippen molar-refractivity contribution in [2.75, 3.05) is 6.54 Å². The summed E-state index contributed by atoms with van der Waals surface area (Å²) in [5.74, 6) is 1.81. The lowest BCUT2D eigenvalue weighted by Crippen LogP contribution is -2.26. The van der Waals surface area contributed by atoms with Crippen LogP contribution in [0, 0.1) is 11.8 Å². The topological polar surface area (TPSA) is 29.9 Å². The first-order valence-electron chi connectivity index (χ1n) is 7.06. The first-order valence-corrected chi connectivity index (χ1v) is 7.06. The van der Waals surface area contributed by atoms with E-state index < -0.39 is 0 Å². The van der Waals surface area contributed by atoms with Crippen molar-refractivity contribution in [1.82, 2.24) is 14.9 Å². The normalized spacial score (nSPS) is 29.0. The molecule has 0 radical (unpaired) electrons. The quantitative estimate of drug-likeness (QED) is 0.850. The number of hydrogen-bond donors (Lipinski definition) is 1. The second kappa shape index (κ2) is 4.81. The third-order valence-corrected chi connectivity index (χ3v) is 4.36. The fourth-order valence-corrected chi connectivity index (χ4v) is 3.46. The highest BCUT2D eigenvalue weighted by Gasteiger charge is 2.21. The van der Waals surface area contributed by atoms with Crippen LogP contribution in [0.1, 0.15) is 44.0 Å². The molecule has 1 fully saturated rings. The first-order chi connectivity index (χ1) is 8.33. The third kappa shape index (κ3) is 2.39. The average Bonchev–Trinajstić information content (AvgIpc) is 2.73. The zero-order valence-electron chi connectivity index (χ0n) is 10.8. The van der Waals surface area contributed by atoms with Gasteiger partial charge < -0.3 is 9.88 Å². The van der Waals surface area contributed by atoms with E-state index in [2.05, 4.69) is 28.1 Å². The van der Waals surface area contributed by atoms with E-state index in [1.54, 1.807) is 0 Å². The lowest BCUT2D eigenvalue weighted by molar-refractivity contribution is 0.255. The van der Waals surface area contributed by atoms with Crippen molar-refractivity contribution >= 4 is 0 Å². The predicted molar refractivity (Wildman–Crippen MR) is 68.8 cm³/mol. The largest absolute Gasteiger partial charge is 0.334 e. The van der Waals surface area contributed by atoms with Crippen LogP contribution in [0.5, 0.6) is 0 Å². The van der Waals surface area contributed by atoms with Crippen molar-refractivity contribution in [2.45, 2.75) is 52.1 Å². The van der Waals surface area contributed by atoms with E-state index >= 15 is 0 Å². The molecule has 94 valence electrons. The number of nitrogens with zero attached hydrogens (tertiary/aromatic N) is 2. The molecule has 1 aromatic heterocycles. The lowest BCUT2D eigenvalue weighted by atomic mass is 9.82. The van der Waals surface area contributed by atoms with Gasteiger partial charge in [0.05, 0.1) is 12.0 Å². The maximum atomic E-state index is 4.54. The SMILES string of the molecule is CC1CCCC(Cn2cnc3c2CCNC3)C1. The molecule has 2 heterocycles. The highest BCUT2D eigenvalue weighted by atomic mass is 15.1. The van der Waals surface area contributed by atoms with Gasteiger partial charge in [-0.1, -0.05) is 19.8 Å². The summed E-state index contributed by atoms with van der Waals surface area (Å²) in [7, 11) is 0. The standard InChI is InChI=1S/C14H23N3/c1-11-3-2-4-12(7-11)9-17-10-16-13-8-15-6-5-14(13)17/h10-12,15H,2-9H2,1H3. The van der Waals surface area contributed by atoms with Gasteiger partial charge in [-0.15, -0.1) is 0 Å². The van der Waals surface area contributed by atoms with E-state index in [4.69, 9.17) is 0 Å². The van der Waals surface area contributed by atoms with Crippen LogP contribution < -0.4 is 5.32 Å². The molecular weight excluding hydrogens is 210 g/mol. The molecule has 1 aliphatic carbocycles. The van der Waals surface area contributed by atoms with Crippen molar-refractivity contribution in [2.24, 2.45) is 11.8 Å². The van der Waals surface area contributed by atoms with Crippen LogP contribution in [0.2, 0.25) is 0 Å². The van der Waals surface area contributed by atoms with E-state index in [0.717, 1.165) is 31.3 Å². The Balaban J connectivity index is 1.70. The molecule has 3 nitrogen and oxygen atoms in total. The van der Waals surface area contributed by atoms with Crippen LogP contribution in [0.3, 0.4) is 0 Å². The van der Waals surface area contributed by atoms with E-state index in [1.807, 2.05) is 0 Å². The fourth-order valence-electron chi connectivity index (χ4n) is 3.46. The zero-order chi connectivity index (χ0) is 11.7. The number of hydrogen-bond acceptors (Lipinski definition) is 2. The molecule has 17 heavy (non-hydrogen) atoms. The molecule has 2 unspecified atom stereocenters. The summed E-state index contributed by atoms with van der Waals surface area (Å²) >= 11 is 0. The van der Waals surface area contributed by atoms with Gasteiger partial charge >= 0.3 is 0 Å². The maximum absolute atomic E-state index is 4.54. The minimum absolute atomic E-state index is 0.881. The second-order valence-electron chi connectivity index (χ2n) is 5.85. The van der Waals surface area contributed by atoms with Gasteiger partial charge in [0, 0.05) is 31.7 Å². The van der Waals surface area contributed by atoms with Gasteiger partial charge in [-0.25, -0.2) is 4.98 Å². The minimum atomic E-state index is 0.881. The first kappa shape index (κ1) is 11.3. The average molecular weight is 233 g/mol. The summed E-state index contributed by atoms with van der Waals surface area (Å²) in [5.41, 5.74) is 2.77. The summed E-state index contributed by atoms with van der Waals surface area (Å²) in [6, 6.07) is 0. The van der Waals surface area contributed by atoms with Crippen molar-refractivity contribution in [3.05, 3.63) is 17.7 Å². The van der Waals surface area contributed by atoms with E-state index in [9.17, 15) is 0 Å².